The van der Waals surface area contributed by atoms with Crippen molar-refractivity contribution in [1.82, 2.24) is 9.80 Å². The molecule has 0 radical (unpaired) electrons. The molecule has 2 aliphatic rings. The van der Waals surface area contributed by atoms with Crippen molar-refractivity contribution in [2.45, 2.75) is 57.7 Å². The largest absolute Gasteiger partial charge is 0.390 e. The van der Waals surface area contributed by atoms with Crippen molar-refractivity contribution in [3.63, 3.8) is 0 Å². The van der Waals surface area contributed by atoms with Crippen molar-refractivity contribution >= 4 is 11.8 Å². The van der Waals surface area contributed by atoms with Crippen LogP contribution in [0.1, 0.15) is 55.5 Å². The SMILES string of the molecule is CC(C)(O)CCc1cccc(C(=O)N2CCCN(C(=O)[C@H]3CCCO3)CC2)c1. The molecular formula is C22H32N2O4. The predicted octanol–water partition coefficient (Wildman–Crippen LogP) is 2.24. The van der Waals surface area contributed by atoms with Crippen molar-refractivity contribution in [3.8, 4) is 0 Å². The highest BCUT2D eigenvalue weighted by Gasteiger charge is 2.30. The number of rotatable bonds is 5. The van der Waals surface area contributed by atoms with Crippen molar-refractivity contribution in [2.75, 3.05) is 32.8 Å². The van der Waals surface area contributed by atoms with Crippen LogP contribution < -0.4 is 0 Å². The van der Waals surface area contributed by atoms with Gasteiger partial charge in [0.15, 0.2) is 0 Å². The highest BCUT2D eigenvalue weighted by molar-refractivity contribution is 5.94. The molecule has 0 unspecified atom stereocenters. The molecule has 2 fully saturated rings. The third kappa shape index (κ3) is 5.55. The molecule has 154 valence electrons. The van der Waals surface area contributed by atoms with Gasteiger partial charge in [0.1, 0.15) is 6.10 Å². The summed E-state index contributed by atoms with van der Waals surface area (Å²) in [7, 11) is 0. The average molecular weight is 389 g/mol. The third-order valence-electron chi connectivity index (χ3n) is 5.50. The number of nitrogens with zero attached hydrogens (tertiary/aromatic N) is 2. The second kappa shape index (κ2) is 9.05. The summed E-state index contributed by atoms with van der Waals surface area (Å²) < 4.78 is 5.52. The maximum absolute atomic E-state index is 13.0. The number of hydrogen-bond donors (Lipinski definition) is 1. The van der Waals surface area contributed by atoms with Gasteiger partial charge < -0.3 is 19.6 Å². The second-order valence-electron chi connectivity index (χ2n) is 8.49. The van der Waals surface area contributed by atoms with Crippen LogP contribution in [0.15, 0.2) is 24.3 Å². The van der Waals surface area contributed by atoms with Gasteiger partial charge in [0, 0.05) is 38.3 Å². The van der Waals surface area contributed by atoms with Crippen LogP contribution in [0.4, 0.5) is 0 Å². The minimum absolute atomic E-state index is 0.0107. The Bertz CT molecular complexity index is 692. The Balaban J connectivity index is 1.59. The van der Waals surface area contributed by atoms with E-state index in [0.717, 1.165) is 31.2 Å². The van der Waals surface area contributed by atoms with Gasteiger partial charge in [0.2, 0.25) is 0 Å². The van der Waals surface area contributed by atoms with E-state index >= 15 is 0 Å². The van der Waals surface area contributed by atoms with Crippen LogP contribution in [0.2, 0.25) is 0 Å². The molecule has 2 saturated heterocycles. The number of aryl methyl sites for hydroxylation is 1. The van der Waals surface area contributed by atoms with Gasteiger partial charge >= 0.3 is 0 Å². The quantitative estimate of drug-likeness (QED) is 0.840. The molecule has 1 aromatic carbocycles. The van der Waals surface area contributed by atoms with Gasteiger partial charge in [-0.15, -0.1) is 0 Å². The van der Waals surface area contributed by atoms with E-state index in [1.165, 1.54) is 0 Å². The zero-order valence-corrected chi connectivity index (χ0v) is 17.0. The van der Waals surface area contributed by atoms with Crippen LogP contribution in [0, 0.1) is 0 Å². The maximum Gasteiger partial charge on any atom is 0.253 e. The molecule has 6 nitrogen and oxygen atoms in total. The first-order valence-electron chi connectivity index (χ1n) is 10.3. The summed E-state index contributed by atoms with van der Waals surface area (Å²) in [5, 5.41) is 9.92. The minimum atomic E-state index is -0.718. The van der Waals surface area contributed by atoms with E-state index in [2.05, 4.69) is 0 Å². The van der Waals surface area contributed by atoms with Crippen molar-refractivity contribution < 1.29 is 19.4 Å². The zero-order chi connectivity index (χ0) is 20.1. The zero-order valence-electron chi connectivity index (χ0n) is 17.0. The molecular weight excluding hydrogens is 356 g/mol. The van der Waals surface area contributed by atoms with E-state index in [1.54, 1.807) is 13.8 Å². The summed E-state index contributed by atoms with van der Waals surface area (Å²) in [5.74, 6) is 0.0805. The average Bonchev–Trinajstić information content (AvgIpc) is 3.09. The molecule has 0 bridgehead atoms. The summed E-state index contributed by atoms with van der Waals surface area (Å²) in [6.07, 6.45) is 3.61. The molecule has 2 aliphatic heterocycles. The van der Waals surface area contributed by atoms with Gasteiger partial charge in [-0.25, -0.2) is 0 Å². The van der Waals surface area contributed by atoms with Gasteiger partial charge in [0.25, 0.3) is 11.8 Å². The van der Waals surface area contributed by atoms with Crippen LogP contribution in [0.25, 0.3) is 0 Å². The standard InChI is InChI=1S/C22H32N2O4/c1-22(2,27)10-9-17-6-3-7-18(16-17)20(25)23-11-5-12-24(14-13-23)21(26)19-8-4-15-28-19/h3,6-7,16,19,27H,4-5,8-15H2,1-2H3/t19-/m1/s1. The van der Waals surface area contributed by atoms with Gasteiger partial charge in [-0.2, -0.15) is 0 Å². The lowest BCUT2D eigenvalue weighted by atomic mass is 9.97. The van der Waals surface area contributed by atoms with E-state index in [1.807, 2.05) is 34.1 Å². The molecule has 6 heteroatoms. The van der Waals surface area contributed by atoms with Crippen LogP contribution in [0.3, 0.4) is 0 Å². The van der Waals surface area contributed by atoms with Crippen LogP contribution in [-0.2, 0) is 16.0 Å². The van der Waals surface area contributed by atoms with E-state index in [-0.39, 0.29) is 17.9 Å². The van der Waals surface area contributed by atoms with E-state index in [9.17, 15) is 14.7 Å². The molecule has 1 aromatic rings. The molecule has 1 atom stereocenters. The van der Waals surface area contributed by atoms with E-state index < -0.39 is 5.60 Å². The Labute approximate surface area is 167 Å². The molecule has 0 saturated carbocycles. The summed E-state index contributed by atoms with van der Waals surface area (Å²) in [4.78, 5) is 29.3. The number of aliphatic hydroxyl groups is 1. The van der Waals surface area contributed by atoms with E-state index in [4.69, 9.17) is 4.74 Å². The lowest BCUT2D eigenvalue weighted by Crippen LogP contribution is -2.41. The minimum Gasteiger partial charge on any atom is -0.390 e. The first-order valence-corrected chi connectivity index (χ1v) is 10.3. The van der Waals surface area contributed by atoms with Gasteiger partial charge in [-0.1, -0.05) is 12.1 Å². The van der Waals surface area contributed by atoms with Gasteiger partial charge in [-0.3, -0.25) is 9.59 Å². The van der Waals surface area contributed by atoms with Gasteiger partial charge in [0.05, 0.1) is 5.60 Å². The predicted molar refractivity (Wildman–Crippen MR) is 107 cm³/mol. The molecule has 0 aromatic heterocycles. The summed E-state index contributed by atoms with van der Waals surface area (Å²) in [6.45, 7) is 6.69. The molecule has 0 aliphatic carbocycles. The second-order valence-corrected chi connectivity index (χ2v) is 8.49. The van der Waals surface area contributed by atoms with E-state index in [0.29, 0.717) is 44.8 Å². The van der Waals surface area contributed by atoms with Crippen molar-refractivity contribution in [1.29, 1.82) is 0 Å². The van der Waals surface area contributed by atoms with Crippen molar-refractivity contribution in [2.24, 2.45) is 0 Å². The van der Waals surface area contributed by atoms with Crippen molar-refractivity contribution in [3.05, 3.63) is 35.4 Å². The fourth-order valence-corrected chi connectivity index (χ4v) is 3.81. The number of hydrogen-bond acceptors (Lipinski definition) is 4. The molecule has 1 N–H and O–H groups in total. The number of carbonyl (C=O) groups is 2. The fourth-order valence-electron chi connectivity index (χ4n) is 3.81. The van der Waals surface area contributed by atoms with Gasteiger partial charge in [-0.05, 0) is 63.6 Å². The van der Waals surface area contributed by atoms with Crippen LogP contribution in [-0.4, -0.2) is 71.2 Å². The Morgan fingerprint density at radius 2 is 1.89 bits per heavy atom. The number of benzene rings is 1. The molecule has 28 heavy (non-hydrogen) atoms. The summed E-state index contributed by atoms with van der Waals surface area (Å²) in [6, 6.07) is 7.66. The molecule has 2 amide bonds. The molecule has 3 rings (SSSR count). The first kappa shape index (κ1) is 20.8. The number of carbonyl (C=O) groups excluding carboxylic acids is 2. The molecule has 2 heterocycles. The first-order chi connectivity index (χ1) is 13.3. The topological polar surface area (TPSA) is 70.1 Å². The number of amides is 2. The highest BCUT2D eigenvalue weighted by atomic mass is 16.5. The Hall–Kier alpha value is -1.92. The highest BCUT2D eigenvalue weighted by Crippen LogP contribution is 2.18. The van der Waals surface area contributed by atoms with Crippen LogP contribution >= 0.6 is 0 Å². The smallest absolute Gasteiger partial charge is 0.253 e. The maximum atomic E-state index is 13.0. The molecule has 0 spiro atoms. The third-order valence-corrected chi connectivity index (χ3v) is 5.50. The fraction of sp³-hybridized carbons (Fsp3) is 0.636. The summed E-state index contributed by atoms with van der Waals surface area (Å²) in [5.41, 5.74) is 1.01. The summed E-state index contributed by atoms with van der Waals surface area (Å²) >= 11 is 0. The normalized spacial score (nSPS) is 20.9. The lowest BCUT2D eigenvalue weighted by molar-refractivity contribution is -0.140. The lowest BCUT2D eigenvalue weighted by Gasteiger charge is -2.24. The Morgan fingerprint density at radius 1 is 1.14 bits per heavy atom. The Morgan fingerprint density at radius 3 is 2.61 bits per heavy atom. The monoisotopic (exact) mass is 388 g/mol. The van der Waals surface area contributed by atoms with Crippen LogP contribution in [0.5, 0.6) is 0 Å². The number of ether oxygens (including phenoxy) is 1. The Kier molecular flexibility index (Phi) is 6.73.